The summed E-state index contributed by atoms with van der Waals surface area (Å²) in [5, 5.41) is 2.76. The second kappa shape index (κ2) is 6.43. The Hall–Kier alpha value is -2.32. The minimum atomic E-state index is -1.24. The summed E-state index contributed by atoms with van der Waals surface area (Å²) in [6, 6.07) is -2.08. The lowest BCUT2D eigenvalue weighted by Crippen LogP contribution is -2.53. The van der Waals surface area contributed by atoms with Crippen LogP contribution in [0, 0.1) is 23.7 Å². The Labute approximate surface area is 128 Å². The third kappa shape index (κ3) is 2.49. The number of rotatable bonds is 4. The van der Waals surface area contributed by atoms with Gasteiger partial charge in [0.15, 0.2) is 0 Å². The van der Waals surface area contributed by atoms with Gasteiger partial charge in [-0.15, -0.1) is 0 Å². The highest BCUT2D eigenvalue weighted by molar-refractivity contribution is 5.91. The van der Waals surface area contributed by atoms with E-state index >= 15 is 0 Å². The van der Waals surface area contributed by atoms with E-state index in [0.29, 0.717) is 0 Å². The Morgan fingerprint density at radius 2 is 0.783 bits per heavy atom. The van der Waals surface area contributed by atoms with Gasteiger partial charge in [0.05, 0.1) is 23.7 Å². The Morgan fingerprint density at radius 3 is 0.957 bits per heavy atom. The van der Waals surface area contributed by atoms with Crippen molar-refractivity contribution in [2.45, 2.75) is 12.1 Å². The molecule has 13 nitrogen and oxygen atoms in total. The predicted molar refractivity (Wildman–Crippen MR) is 65.8 cm³/mol. The number of nitrogens with one attached hydrogen (secondary N) is 1. The van der Waals surface area contributed by atoms with Crippen LogP contribution in [0.3, 0.4) is 0 Å². The summed E-state index contributed by atoms with van der Waals surface area (Å²) < 4.78 is 0. The number of fused-ring (bicyclic) bond motifs is 2. The molecule has 0 saturated carbocycles. The third-order valence-electron chi connectivity index (χ3n) is 4.26. The molecule has 2 heterocycles. The largest absolute Gasteiger partial charge is 0.373 e. The van der Waals surface area contributed by atoms with Gasteiger partial charge in [0.25, 0.3) is 0 Å². The molecule has 0 spiro atoms. The van der Waals surface area contributed by atoms with E-state index in [1.165, 1.54) is 0 Å². The van der Waals surface area contributed by atoms with Crippen LogP contribution in [-0.4, -0.2) is 36.0 Å². The molecular weight excluding hydrogens is 318 g/mol. The summed E-state index contributed by atoms with van der Waals surface area (Å²) in [6.07, 6.45) is 0. The maximum absolute atomic E-state index is 11.9. The van der Waals surface area contributed by atoms with Crippen molar-refractivity contribution in [3.63, 3.8) is 0 Å². The zero-order chi connectivity index (χ0) is 17.3. The molecule has 128 valence electrons. The van der Waals surface area contributed by atoms with E-state index in [0.717, 1.165) is 0 Å². The lowest BCUT2D eigenvalue weighted by Gasteiger charge is -2.33. The van der Waals surface area contributed by atoms with Crippen molar-refractivity contribution in [1.82, 2.24) is 5.32 Å². The molecule has 0 amide bonds. The third-order valence-corrected chi connectivity index (χ3v) is 4.26. The Kier molecular flexibility index (Phi) is 4.76. The number of hydrogen-bond acceptors (Lipinski definition) is 13. The molecule has 0 aliphatic carbocycles. The van der Waals surface area contributed by atoms with Crippen molar-refractivity contribution in [3.05, 3.63) is 0 Å². The molecule has 0 aromatic rings. The molecule has 4 unspecified atom stereocenters. The fraction of sp³-hybridized carbons (Fsp3) is 0.600. The molecule has 23 heavy (non-hydrogen) atoms. The molecule has 13 heteroatoms. The first kappa shape index (κ1) is 17.0. The molecule has 4 atom stereocenters. The Bertz CT molecular complexity index is 451. The summed E-state index contributed by atoms with van der Waals surface area (Å²) in [5.74, 6) is 10.4. The first-order chi connectivity index (χ1) is 10.9. The Morgan fingerprint density at radius 1 is 0.565 bits per heavy atom. The summed E-state index contributed by atoms with van der Waals surface area (Å²) in [6.45, 7) is 0. The van der Waals surface area contributed by atoms with Crippen LogP contribution >= 0.6 is 0 Å². The SMILES string of the molecule is NOC(=O)C1C2NC(C1C(=O)ON)C(C(=O)ON)C2C(=O)ON. The van der Waals surface area contributed by atoms with E-state index in [2.05, 4.69) is 24.7 Å². The Balaban J connectivity index is 2.46. The second-order valence-corrected chi connectivity index (χ2v) is 5.07. The van der Waals surface area contributed by atoms with E-state index in [4.69, 9.17) is 23.6 Å². The molecule has 2 aliphatic rings. The van der Waals surface area contributed by atoms with Gasteiger partial charge in [0.2, 0.25) is 0 Å². The lowest BCUT2D eigenvalue weighted by molar-refractivity contribution is -0.172. The second-order valence-electron chi connectivity index (χ2n) is 5.07. The molecule has 2 saturated heterocycles. The van der Waals surface area contributed by atoms with E-state index in [-0.39, 0.29) is 0 Å². The molecule has 2 fully saturated rings. The van der Waals surface area contributed by atoms with Crippen LogP contribution in [0.5, 0.6) is 0 Å². The van der Waals surface area contributed by atoms with Crippen molar-refractivity contribution < 1.29 is 38.5 Å². The number of nitrogens with two attached hydrogens (primary N) is 4. The first-order valence-corrected chi connectivity index (χ1v) is 6.31. The van der Waals surface area contributed by atoms with Gasteiger partial charge >= 0.3 is 23.9 Å². The monoisotopic (exact) mass is 333 g/mol. The standard InChI is InChI=1S/C10H15N5O8/c11-20-7(16)1-2(8(17)21-12)6-4(10(19)23-14)3(5(1)15-6)9(18)22-13/h1-6,15H,11-14H2. The summed E-state index contributed by atoms with van der Waals surface area (Å²) >= 11 is 0. The number of carbonyl (C=O) groups is 4. The molecule has 2 bridgehead atoms. The van der Waals surface area contributed by atoms with Gasteiger partial charge in [-0.1, -0.05) is 0 Å². The quantitative estimate of drug-likeness (QED) is 0.306. The smallest absolute Gasteiger partial charge is 0.330 e. The highest BCUT2D eigenvalue weighted by Crippen LogP contribution is 2.47. The average Bonchev–Trinajstić information content (AvgIpc) is 3.14. The molecule has 0 radical (unpaired) electrons. The summed E-state index contributed by atoms with van der Waals surface area (Å²) in [5.41, 5.74) is 0. The fourth-order valence-corrected chi connectivity index (χ4v) is 3.46. The maximum Gasteiger partial charge on any atom is 0.330 e. The van der Waals surface area contributed by atoms with Gasteiger partial charge < -0.3 is 24.7 Å². The van der Waals surface area contributed by atoms with Gasteiger partial charge in [0, 0.05) is 12.1 Å². The minimum absolute atomic E-state index is 1.00. The van der Waals surface area contributed by atoms with Gasteiger partial charge in [-0.2, -0.15) is 23.6 Å². The van der Waals surface area contributed by atoms with Crippen molar-refractivity contribution >= 4 is 23.9 Å². The highest BCUT2D eigenvalue weighted by Gasteiger charge is 2.68. The van der Waals surface area contributed by atoms with Gasteiger partial charge in [-0.3, -0.25) is 0 Å². The van der Waals surface area contributed by atoms with Crippen LogP contribution < -0.4 is 28.9 Å². The van der Waals surface area contributed by atoms with Crippen LogP contribution in [0.15, 0.2) is 0 Å². The minimum Gasteiger partial charge on any atom is -0.373 e. The van der Waals surface area contributed by atoms with Gasteiger partial charge in [0.1, 0.15) is 0 Å². The van der Waals surface area contributed by atoms with Crippen molar-refractivity contribution in [2.24, 2.45) is 47.3 Å². The van der Waals surface area contributed by atoms with Crippen molar-refractivity contribution in [2.75, 3.05) is 0 Å². The first-order valence-electron chi connectivity index (χ1n) is 6.31. The fourth-order valence-electron chi connectivity index (χ4n) is 3.46. The van der Waals surface area contributed by atoms with Crippen molar-refractivity contribution in [1.29, 1.82) is 0 Å². The molecule has 2 aliphatic heterocycles. The predicted octanol–water partition coefficient (Wildman–Crippen LogP) is -4.53. The molecule has 0 aromatic heterocycles. The zero-order valence-corrected chi connectivity index (χ0v) is 11.5. The van der Waals surface area contributed by atoms with Crippen LogP contribution in [0.1, 0.15) is 0 Å². The molecule has 0 aromatic carbocycles. The average molecular weight is 333 g/mol. The zero-order valence-electron chi connectivity index (χ0n) is 11.5. The summed E-state index contributed by atoms with van der Waals surface area (Å²) in [7, 11) is 0. The highest BCUT2D eigenvalue weighted by atomic mass is 16.7. The maximum atomic E-state index is 11.9. The van der Waals surface area contributed by atoms with Crippen LogP contribution in [0.4, 0.5) is 0 Å². The number of carbonyl (C=O) groups excluding carboxylic acids is 4. The van der Waals surface area contributed by atoms with Crippen LogP contribution in [-0.2, 0) is 38.5 Å². The van der Waals surface area contributed by atoms with E-state index in [1.807, 2.05) is 0 Å². The van der Waals surface area contributed by atoms with E-state index in [9.17, 15) is 19.2 Å². The normalized spacial score (nSPS) is 34.6. The van der Waals surface area contributed by atoms with E-state index in [1.54, 1.807) is 0 Å². The van der Waals surface area contributed by atoms with E-state index < -0.39 is 59.6 Å². The topological polar surface area (TPSA) is 221 Å². The lowest BCUT2D eigenvalue weighted by atomic mass is 9.68. The summed E-state index contributed by atoms with van der Waals surface area (Å²) in [4.78, 5) is 64.1. The molecular formula is C10H15N5O8. The van der Waals surface area contributed by atoms with Gasteiger partial charge in [-0.05, 0) is 0 Å². The molecule has 2 rings (SSSR count). The van der Waals surface area contributed by atoms with Crippen LogP contribution in [0.25, 0.3) is 0 Å². The number of hydrogen-bond donors (Lipinski definition) is 5. The van der Waals surface area contributed by atoms with Crippen molar-refractivity contribution in [3.8, 4) is 0 Å². The van der Waals surface area contributed by atoms with Gasteiger partial charge in [-0.25, -0.2) is 19.2 Å². The van der Waals surface area contributed by atoms with Crippen LogP contribution in [0.2, 0.25) is 0 Å². The molecule has 9 N–H and O–H groups in total.